The van der Waals surface area contributed by atoms with Crippen molar-refractivity contribution in [3.8, 4) is 11.1 Å². The molecule has 29 heavy (non-hydrogen) atoms. The van der Waals surface area contributed by atoms with Crippen molar-refractivity contribution in [2.45, 2.75) is 31.3 Å². The molecule has 3 N–H and O–H groups in total. The van der Waals surface area contributed by atoms with Gasteiger partial charge >= 0.3 is 0 Å². The fraction of sp³-hybridized carbons (Fsp3) is 0.227. The fourth-order valence-electron chi connectivity index (χ4n) is 3.89. The lowest BCUT2D eigenvalue weighted by Gasteiger charge is -2.15. The Kier molecular flexibility index (Phi) is 4.56. The zero-order chi connectivity index (χ0) is 19.6. The van der Waals surface area contributed by atoms with Crippen LogP contribution in [0.4, 0.5) is 16.2 Å². The van der Waals surface area contributed by atoms with E-state index >= 15 is 0 Å². The Morgan fingerprint density at radius 3 is 2.59 bits per heavy atom. The molecule has 6 nitrogen and oxygen atoms in total. The molecule has 1 aliphatic rings. The number of hydrogen-bond donors (Lipinski definition) is 3. The van der Waals surface area contributed by atoms with Crippen molar-refractivity contribution in [2.75, 3.05) is 10.6 Å². The van der Waals surface area contributed by atoms with E-state index in [1.807, 2.05) is 30.3 Å². The smallest absolute Gasteiger partial charge is 0.202 e. The maximum absolute atomic E-state index is 13.9. The van der Waals surface area contributed by atoms with Gasteiger partial charge in [0.25, 0.3) is 0 Å². The average Bonchev–Trinajstić information content (AvgIpc) is 3.35. The van der Waals surface area contributed by atoms with Crippen molar-refractivity contribution < 1.29 is 4.39 Å². The molecule has 2 atom stereocenters. The van der Waals surface area contributed by atoms with E-state index in [9.17, 15) is 4.39 Å². The number of aromatic amines is 1. The van der Waals surface area contributed by atoms with Crippen LogP contribution in [-0.2, 0) is 0 Å². The predicted octanol–water partition coefficient (Wildman–Crippen LogP) is 4.60. The molecule has 1 saturated carbocycles. The van der Waals surface area contributed by atoms with Crippen LogP contribution >= 0.6 is 0 Å². The third-order valence-corrected chi connectivity index (χ3v) is 5.33. The van der Waals surface area contributed by atoms with Gasteiger partial charge in [0.2, 0.25) is 5.95 Å². The van der Waals surface area contributed by atoms with Gasteiger partial charge in [-0.2, -0.15) is 0 Å². The summed E-state index contributed by atoms with van der Waals surface area (Å²) in [6.45, 7) is 0. The van der Waals surface area contributed by atoms with E-state index < -0.39 is 0 Å². The van der Waals surface area contributed by atoms with E-state index in [4.69, 9.17) is 0 Å². The van der Waals surface area contributed by atoms with Crippen LogP contribution in [0.3, 0.4) is 0 Å². The minimum absolute atomic E-state index is 0.236. The zero-order valence-corrected chi connectivity index (χ0v) is 15.8. The van der Waals surface area contributed by atoms with E-state index in [-0.39, 0.29) is 5.82 Å². The lowest BCUT2D eigenvalue weighted by atomic mass is 10.1. The van der Waals surface area contributed by atoms with Crippen molar-refractivity contribution in [2.24, 2.45) is 0 Å². The number of H-pyrrole nitrogens is 1. The van der Waals surface area contributed by atoms with Gasteiger partial charge in [0.05, 0.1) is 0 Å². The minimum Gasteiger partial charge on any atom is -0.367 e. The molecule has 1 aromatic carbocycles. The summed E-state index contributed by atoms with van der Waals surface area (Å²) < 4.78 is 13.9. The Hall–Kier alpha value is -3.48. The molecule has 0 saturated heterocycles. The number of fused-ring (bicyclic) bond motifs is 1. The molecule has 0 aliphatic heterocycles. The number of pyridine rings is 2. The standard InChI is InChI=1S/C22H21FN6/c23-18-5-2-1-4-17(18)14-7-10-20(25-13-14)26-15-8-9-16(12-15)27-22-28-19-6-3-11-24-21(19)29-22/h1-7,10-11,13,15-16H,8-9,12H2,(H,25,26)(H2,24,27,28,29)/t15-,16-/m0/s1. The van der Waals surface area contributed by atoms with Gasteiger partial charge in [0.15, 0.2) is 5.65 Å². The van der Waals surface area contributed by atoms with Crippen LogP contribution in [-0.4, -0.2) is 32.0 Å². The molecule has 3 aromatic heterocycles. The van der Waals surface area contributed by atoms with Crippen LogP contribution in [0.15, 0.2) is 60.9 Å². The Morgan fingerprint density at radius 2 is 1.79 bits per heavy atom. The van der Waals surface area contributed by atoms with Gasteiger partial charge < -0.3 is 15.6 Å². The van der Waals surface area contributed by atoms with Crippen molar-refractivity contribution in [1.29, 1.82) is 0 Å². The van der Waals surface area contributed by atoms with E-state index in [0.717, 1.165) is 47.8 Å². The van der Waals surface area contributed by atoms with Crippen LogP contribution in [0.5, 0.6) is 0 Å². The van der Waals surface area contributed by atoms with Gasteiger partial charge in [-0.1, -0.05) is 18.2 Å². The summed E-state index contributed by atoms with van der Waals surface area (Å²) in [5, 5.41) is 6.96. The first kappa shape index (κ1) is 17.6. The van der Waals surface area contributed by atoms with Crippen molar-refractivity contribution >= 4 is 22.9 Å². The first-order valence-corrected chi connectivity index (χ1v) is 9.79. The molecule has 0 bridgehead atoms. The average molecular weight is 388 g/mol. The normalized spacial score (nSPS) is 18.8. The topological polar surface area (TPSA) is 78.5 Å². The molecular weight excluding hydrogens is 367 g/mol. The molecular formula is C22H21FN6. The number of nitrogens with one attached hydrogen (secondary N) is 3. The summed E-state index contributed by atoms with van der Waals surface area (Å²) in [5.41, 5.74) is 3.00. The number of benzene rings is 1. The summed E-state index contributed by atoms with van der Waals surface area (Å²) in [4.78, 5) is 16.5. The number of hydrogen-bond acceptors (Lipinski definition) is 5. The van der Waals surface area contributed by atoms with E-state index in [0.29, 0.717) is 17.6 Å². The van der Waals surface area contributed by atoms with Crippen LogP contribution in [0.1, 0.15) is 19.3 Å². The number of halogens is 1. The second-order valence-corrected chi connectivity index (χ2v) is 7.36. The minimum atomic E-state index is -0.236. The lowest BCUT2D eigenvalue weighted by Crippen LogP contribution is -2.21. The van der Waals surface area contributed by atoms with Crippen LogP contribution in [0.25, 0.3) is 22.3 Å². The van der Waals surface area contributed by atoms with Gasteiger partial charge in [-0.15, -0.1) is 0 Å². The molecule has 0 amide bonds. The summed E-state index contributed by atoms with van der Waals surface area (Å²) in [6.07, 6.45) is 6.54. The predicted molar refractivity (Wildman–Crippen MR) is 112 cm³/mol. The number of nitrogens with zero attached hydrogens (tertiary/aromatic N) is 3. The highest BCUT2D eigenvalue weighted by molar-refractivity contribution is 5.72. The largest absolute Gasteiger partial charge is 0.367 e. The molecule has 3 heterocycles. The number of aromatic nitrogens is 4. The number of imidazole rings is 1. The third kappa shape index (κ3) is 3.76. The first-order chi connectivity index (χ1) is 14.2. The van der Waals surface area contributed by atoms with Gasteiger partial charge in [-0.05, 0) is 49.6 Å². The molecule has 7 heteroatoms. The van der Waals surface area contributed by atoms with Gasteiger partial charge in [-0.3, -0.25) is 0 Å². The van der Waals surface area contributed by atoms with E-state index in [2.05, 4.69) is 30.6 Å². The summed E-state index contributed by atoms with van der Waals surface area (Å²) in [5.74, 6) is 1.33. The van der Waals surface area contributed by atoms with E-state index in [1.165, 1.54) is 6.07 Å². The van der Waals surface area contributed by atoms with Crippen molar-refractivity contribution in [1.82, 2.24) is 19.9 Å². The molecule has 4 aromatic rings. The summed E-state index contributed by atoms with van der Waals surface area (Å²) in [6, 6.07) is 15.1. The second-order valence-electron chi connectivity index (χ2n) is 7.36. The van der Waals surface area contributed by atoms with E-state index in [1.54, 1.807) is 24.5 Å². The Labute approximate surface area is 167 Å². The van der Waals surface area contributed by atoms with Gasteiger partial charge in [-0.25, -0.2) is 19.3 Å². The number of rotatable bonds is 5. The van der Waals surface area contributed by atoms with Gasteiger partial charge in [0.1, 0.15) is 17.2 Å². The highest BCUT2D eigenvalue weighted by Gasteiger charge is 2.25. The summed E-state index contributed by atoms with van der Waals surface area (Å²) >= 11 is 0. The quantitative estimate of drug-likeness (QED) is 0.466. The molecule has 1 fully saturated rings. The zero-order valence-electron chi connectivity index (χ0n) is 15.8. The third-order valence-electron chi connectivity index (χ3n) is 5.33. The van der Waals surface area contributed by atoms with Crippen molar-refractivity contribution in [3.63, 3.8) is 0 Å². The maximum atomic E-state index is 13.9. The second kappa shape index (κ2) is 7.50. The Bertz CT molecular complexity index is 1090. The summed E-state index contributed by atoms with van der Waals surface area (Å²) in [7, 11) is 0. The molecule has 0 unspecified atom stereocenters. The molecule has 5 rings (SSSR count). The lowest BCUT2D eigenvalue weighted by molar-refractivity contribution is 0.631. The highest BCUT2D eigenvalue weighted by atomic mass is 19.1. The Balaban J connectivity index is 1.20. The number of anilines is 2. The Morgan fingerprint density at radius 1 is 0.931 bits per heavy atom. The SMILES string of the molecule is Fc1ccccc1-c1ccc(N[C@H]2CC[C@H](Nc3nc4cccnc4[nH]3)C2)nc1. The van der Waals surface area contributed by atoms with Crippen LogP contribution in [0, 0.1) is 5.82 Å². The van der Waals surface area contributed by atoms with Crippen LogP contribution in [0.2, 0.25) is 0 Å². The highest BCUT2D eigenvalue weighted by Crippen LogP contribution is 2.27. The monoisotopic (exact) mass is 388 g/mol. The van der Waals surface area contributed by atoms with Crippen LogP contribution < -0.4 is 10.6 Å². The fourth-order valence-corrected chi connectivity index (χ4v) is 3.89. The molecule has 146 valence electrons. The molecule has 0 spiro atoms. The molecule has 0 radical (unpaired) electrons. The van der Waals surface area contributed by atoms with Crippen molar-refractivity contribution in [3.05, 3.63) is 66.7 Å². The van der Waals surface area contributed by atoms with Gasteiger partial charge in [0, 0.05) is 35.6 Å². The molecule has 1 aliphatic carbocycles. The maximum Gasteiger partial charge on any atom is 0.202 e. The first-order valence-electron chi connectivity index (χ1n) is 9.79.